The minimum Gasteiger partial charge on any atom is -0.497 e. The molecule has 110 valence electrons. The van der Waals surface area contributed by atoms with Crippen molar-refractivity contribution in [1.82, 2.24) is 0 Å². The van der Waals surface area contributed by atoms with E-state index in [9.17, 15) is 0 Å². The SMILES string of the molecule is COc1cc(Br)cc(NCC2Cc3cc(C)ccc3O2)c1. The van der Waals surface area contributed by atoms with Crippen molar-refractivity contribution in [2.24, 2.45) is 0 Å². The van der Waals surface area contributed by atoms with Gasteiger partial charge in [-0.25, -0.2) is 0 Å². The van der Waals surface area contributed by atoms with Crippen LogP contribution in [0, 0.1) is 6.92 Å². The zero-order valence-electron chi connectivity index (χ0n) is 12.2. The van der Waals surface area contributed by atoms with Crippen LogP contribution in [-0.4, -0.2) is 19.8 Å². The Labute approximate surface area is 133 Å². The monoisotopic (exact) mass is 347 g/mol. The normalized spacial score (nSPS) is 16.2. The second-order valence-corrected chi connectivity index (χ2v) is 6.23. The molecule has 2 aromatic carbocycles. The van der Waals surface area contributed by atoms with Gasteiger partial charge in [-0.05, 0) is 30.7 Å². The number of rotatable bonds is 4. The van der Waals surface area contributed by atoms with E-state index in [0.717, 1.165) is 34.6 Å². The Morgan fingerprint density at radius 3 is 2.95 bits per heavy atom. The summed E-state index contributed by atoms with van der Waals surface area (Å²) in [5.41, 5.74) is 3.60. The first-order chi connectivity index (χ1) is 10.1. The molecule has 0 spiro atoms. The van der Waals surface area contributed by atoms with Crippen LogP contribution >= 0.6 is 15.9 Å². The molecule has 1 aliphatic heterocycles. The second kappa shape index (κ2) is 5.98. The van der Waals surface area contributed by atoms with Crippen molar-refractivity contribution in [1.29, 1.82) is 0 Å². The van der Waals surface area contributed by atoms with Crippen LogP contribution in [0.25, 0.3) is 0 Å². The van der Waals surface area contributed by atoms with E-state index in [1.54, 1.807) is 7.11 Å². The minimum absolute atomic E-state index is 0.173. The average Bonchev–Trinajstić information content (AvgIpc) is 2.86. The molecule has 3 rings (SSSR count). The van der Waals surface area contributed by atoms with Gasteiger partial charge in [0.25, 0.3) is 0 Å². The largest absolute Gasteiger partial charge is 0.497 e. The van der Waals surface area contributed by atoms with Crippen LogP contribution < -0.4 is 14.8 Å². The number of methoxy groups -OCH3 is 1. The van der Waals surface area contributed by atoms with Gasteiger partial charge in [0, 0.05) is 22.6 Å². The van der Waals surface area contributed by atoms with Gasteiger partial charge in [-0.15, -0.1) is 0 Å². The molecule has 21 heavy (non-hydrogen) atoms. The maximum absolute atomic E-state index is 5.96. The summed E-state index contributed by atoms with van der Waals surface area (Å²) < 4.78 is 12.2. The number of halogens is 1. The Morgan fingerprint density at radius 1 is 1.29 bits per heavy atom. The molecule has 0 aromatic heterocycles. The van der Waals surface area contributed by atoms with Crippen LogP contribution in [0.4, 0.5) is 5.69 Å². The van der Waals surface area contributed by atoms with Gasteiger partial charge in [0.1, 0.15) is 17.6 Å². The summed E-state index contributed by atoms with van der Waals surface area (Å²) in [6.45, 7) is 2.88. The van der Waals surface area contributed by atoms with Crippen molar-refractivity contribution in [3.63, 3.8) is 0 Å². The Hall–Kier alpha value is -1.68. The highest BCUT2D eigenvalue weighted by molar-refractivity contribution is 9.10. The summed E-state index contributed by atoms with van der Waals surface area (Å²) in [5, 5.41) is 3.42. The molecule has 0 saturated carbocycles. The fourth-order valence-corrected chi connectivity index (χ4v) is 3.05. The first-order valence-electron chi connectivity index (χ1n) is 6.98. The number of benzene rings is 2. The zero-order valence-corrected chi connectivity index (χ0v) is 13.7. The summed E-state index contributed by atoms with van der Waals surface area (Å²) in [7, 11) is 1.67. The van der Waals surface area contributed by atoms with Gasteiger partial charge in [0.15, 0.2) is 0 Å². The highest BCUT2D eigenvalue weighted by Crippen LogP contribution is 2.30. The Morgan fingerprint density at radius 2 is 2.14 bits per heavy atom. The van der Waals surface area contributed by atoms with Crippen LogP contribution in [0.2, 0.25) is 0 Å². The van der Waals surface area contributed by atoms with E-state index < -0.39 is 0 Å². The van der Waals surface area contributed by atoms with E-state index in [0.29, 0.717) is 0 Å². The van der Waals surface area contributed by atoms with Gasteiger partial charge in [-0.3, -0.25) is 0 Å². The highest BCUT2D eigenvalue weighted by Gasteiger charge is 2.22. The lowest BCUT2D eigenvalue weighted by Gasteiger charge is -2.14. The van der Waals surface area contributed by atoms with Crippen molar-refractivity contribution in [2.45, 2.75) is 19.4 Å². The lowest BCUT2D eigenvalue weighted by molar-refractivity contribution is 0.246. The van der Waals surface area contributed by atoms with Crippen LogP contribution in [0.15, 0.2) is 40.9 Å². The summed E-state index contributed by atoms with van der Waals surface area (Å²) in [4.78, 5) is 0. The molecule has 2 aromatic rings. The quantitative estimate of drug-likeness (QED) is 0.899. The van der Waals surface area contributed by atoms with Gasteiger partial charge in [-0.2, -0.15) is 0 Å². The molecule has 0 aliphatic carbocycles. The van der Waals surface area contributed by atoms with Crippen LogP contribution in [0.5, 0.6) is 11.5 Å². The van der Waals surface area contributed by atoms with E-state index in [2.05, 4.69) is 46.4 Å². The number of ether oxygens (including phenoxy) is 2. The number of hydrogen-bond acceptors (Lipinski definition) is 3. The molecule has 0 fully saturated rings. The third-order valence-corrected chi connectivity index (χ3v) is 4.06. The molecule has 1 unspecified atom stereocenters. The minimum atomic E-state index is 0.173. The first kappa shape index (κ1) is 14.3. The summed E-state index contributed by atoms with van der Waals surface area (Å²) in [6, 6.07) is 12.3. The molecular formula is C17H18BrNO2. The number of aryl methyl sites for hydroxylation is 1. The maximum Gasteiger partial charge on any atom is 0.123 e. The van der Waals surface area contributed by atoms with E-state index in [1.165, 1.54) is 11.1 Å². The van der Waals surface area contributed by atoms with Crippen LogP contribution in [0.1, 0.15) is 11.1 Å². The van der Waals surface area contributed by atoms with Crippen molar-refractivity contribution in [3.8, 4) is 11.5 Å². The average molecular weight is 348 g/mol. The second-order valence-electron chi connectivity index (χ2n) is 5.32. The van der Waals surface area contributed by atoms with E-state index in [-0.39, 0.29) is 6.10 Å². The topological polar surface area (TPSA) is 30.5 Å². The van der Waals surface area contributed by atoms with Gasteiger partial charge >= 0.3 is 0 Å². The van der Waals surface area contributed by atoms with Crippen molar-refractivity contribution < 1.29 is 9.47 Å². The molecule has 0 amide bonds. The lowest BCUT2D eigenvalue weighted by atomic mass is 10.1. The molecule has 4 heteroatoms. The Balaban J connectivity index is 1.63. The van der Waals surface area contributed by atoms with E-state index in [1.807, 2.05) is 18.2 Å². The third kappa shape index (κ3) is 3.32. The molecule has 1 aliphatic rings. The highest BCUT2D eigenvalue weighted by atomic mass is 79.9. The Kier molecular flexibility index (Phi) is 4.06. The number of anilines is 1. The third-order valence-electron chi connectivity index (χ3n) is 3.60. The summed E-state index contributed by atoms with van der Waals surface area (Å²) in [6.07, 6.45) is 1.13. The molecule has 1 atom stereocenters. The van der Waals surface area contributed by atoms with E-state index >= 15 is 0 Å². The van der Waals surface area contributed by atoms with Crippen molar-refractivity contribution in [3.05, 3.63) is 52.0 Å². The predicted octanol–water partition coefficient (Wildman–Crippen LogP) is 4.18. The van der Waals surface area contributed by atoms with Crippen LogP contribution in [0.3, 0.4) is 0 Å². The standard InChI is InChI=1S/C17H18BrNO2/c1-11-3-4-17-12(5-11)6-16(21-17)10-19-14-7-13(18)8-15(9-14)20-2/h3-5,7-9,16,19H,6,10H2,1-2H3. The maximum atomic E-state index is 5.96. The molecule has 3 nitrogen and oxygen atoms in total. The first-order valence-corrected chi connectivity index (χ1v) is 7.78. The molecule has 0 bridgehead atoms. The summed E-state index contributed by atoms with van der Waals surface area (Å²) >= 11 is 3.49. The smallest absolute Gasteiger partial charge is 0.123 e. The van der Waals surface area contributed by atoms with Gasteiger partial charge in [-0.1, -0.05) is 33.6 Å². The fraction of sp³-hybridized carbons (Fsp3) is 0.294. The van der Waals surface area contributed by atoms with Gasteiger partial charge in [0.2, 0.25) is 0 Å². The zero-order chi connectivity index (χ0) is 14.8. The molecular weight excluding hydrogens is 330 g/mol. The molecule has 0 radical (unpaired) electrons. The molecule has 1 heterocycles. The predicted molar refractivity (Wildman–Crippen MR) is 88.5 cm³/mol. The van der Waals surface area contributed by atoms with E-state index in [4.69, 9.17) is 9.47 Å². The van der Waals surface area contributed by atoms with Crippen molar-refractivity contribution >= 4 is 21.6 Å². The van der Waals surface area contributed by atoms with Gasteiger partial charge < -0.3 is 14.8 Å². The fourth-order valence-electron chi connectivity index (χ4n) is 2.58. The number of hydrogen-bond donors (Lipinski definition) is 1. The van der Waals surface area contributed by atoms with Gasteiger partial charge in [0.05, 0.1) is 13.7 Å². The van der Waals surface area contributed by atoms with Crippen LogP contribution in [-0.2, 0) is 6.42 Å². The van der Waals surface area contributed by atoms with Crippen molar-refractivity contribution in [2.75, 3.05) is 19.0 Å². The summed E-state index contributed by atoms with van der Waals surface area (Å²) in [5.74, 6) is 1.84. The molecule has 0 saturated heterocycles. The molecule has 1 N–H and O–H groups in total. The Bertz CT molecular complexity index is 657. The number of nitrogens with one attached hydrogen (secondary N) is 1. The lowest BCUT2D eigenvalue weighted by Crippen LogP contribution is -2.23. The number of fused-ring (bicyclic) bond motifs is 1.